The van der Waals surface area contributed by atoms with E-state index in [1.807, 2.05) is 20.8 Å². The first-order valence-electron chi connectivity index (χ1n) is 6.42. The van der Waals surface area contributed by atoms with E-state index in [1.54, 1.807) is 6.07 Å². The Morgan fingerprint density at radius 3 is 1.91 bits per heavy atom. The number of hydrogen-bond donors (Lipinski definition) is 1. The van der Waals surface area contributed by atoms with E-state index in [0.717, 1.165) is 16.7 Å². The first-order chi connectivity index (χ1) is 10.2. The number of methoxy groups -OCH3 is 1. The van der Waals surface area contributed by atoms with Crippen LogP contribution in [0.5, 0.6) is 11.5 Å². The Hall–Kier alpha value is -0.800. The van der Waals surface area contributed by atoms with Crippen molar-refractivity contribution in [3.05, 3.63) is 42.8 Å². The van der Waals surface area contributed by atoms with Crippen molar-refractivity contribution in [2.75, 3.05) is 7.11 Å². The molecule has 0 aromatic heterocycles. The SMILES string of the molecule is COc1c(Cl)c(Cl)c(Cl)c(Cl)c1-c1c(O)cc(C)c(C)c1C. The zero-order chi connectivity index (χ0) is 16.8. The molecule has 0 aliphatic carbocycles. The van der Waals surface area contributed by atoms with Gasteiger partial charge in [-0.25, -0.2) is 0 Å². The van der Waals surface area contributed by atoms with Crippen molar-refractivity contribution in [2.45, 2.75) is 20.8 Å². The maximum Gasteiger partial charge on any atom is 0.148 e. The fourth-order valence-corrected chi connectivity index (χ4v) is 3.41. The molecule has 2 aromatic carbocycles. The quantitative estimate of drug-likeness (QED) is 0.470. The fourth-order valence-electron chi connectivity index (χ4n) is 2.40. The zero-order valence-electron chi connectivity index (χ0n) is 12.4. The molecule has 0 amide bonds. The lowest BCUT2D eigenvalue weighted by Crippen LogP contribution is -1.97. The van der Waals surface area contributed by atoms with E-state index >= 15 is 0 Å². The summed E-state index contributed by atoms with van der Waals surface area (Å²) in [6, 6.07) is 1.67. The number of aryl methyl sites for hydroxylation is 1. The van der Waals surface area contributed by atoms with Crippen LogP contribution in [0.1, 0.15) is 16.7 Å². The number of hydrogen-bond acceptors (Lipinski definition) is 2. The van der Waals surface area contributed by atoms with Gasteiger partial charge in [0.15, 0.2) is 0 Å². The molecule has 118 valence electrons. The number of benzene rings is 2. The van der Waals surface area contributed by atoms with Gasteiger partial charge in [0.25, 0.3) is 0 Å². The number of ether oxygens (including phenoxy) is 1. The van der Waals surface area contributed by atoms with E-state index in [-0.39, 0.29) is 31.6 Å². The molecule has 2 rings (SSSR count). The Kier molecular flexibility index (Phi) is 5.08. The summed E-state index contributed by atoms with van der Waals surface area (Å²) in [7, 11) is 1.46. The van der Waals surface area contributed by atoms with Crippen LogP contribution in [0.25, 0.3) is 11.1 Å². The standard InChI is InChI=1S/C16H14Cl4O2/c1-6-5-9(21)10(8(3)7(6)2)11-12(17)13(18)14(19)15(20)16(11)22-4/h5,21H,1-4H3. The Labute approximate surface area is 149 Å². The van der Waals surface area contributed by atoms with Gasteiger partial charge in [-0.15, -0.1) is 0 Å². The third kappa shape index (κ3) is 2.63. The van der Waals surface area contributed by atoms with Crippen LogP contribution in [0, 0.1) is 20.8 Å². The van der Waals surface area contributed by atoms with Gasteiger partial charge in [0.05, 0.1) is 22.2 Å². The number of phenols is 1. The van der Waals surface area contributed by atoms with Crippen molar-refractivity contribution in [2.24, 2.45) is 0 Å². The number of aromatic hydroxyl groups is 1. The van der Waals surface area contributed by atoms with E-state index in [4.69, 9.17) is 51.1 Å². The second-order valence-corrected chi connectivity index (χ2v) is 6.51. The van der Waals surface area contributed by atoms with Crippen LogP contribution in [0.15, 0.2) is 6.07 Å². The van der Waals surface area contributed by atoms with Crippen molar-refractivity contribution in [3.63, 3.8) is 0 Å². The average Bonchev–Trinajstić information content (AvgIpc) is 2.48. The van der Waals surface area contributed by atoms with Crippen LogP contribution in [-0.2, 0) is 0 Å². The van der Waals surface area contributed by atoms with Gasteiger partial charge >= 0.3 is 0 Å². The number of halogens is 4. The molecule has 0 aliphatic heterocycles. The van der Waals surface area contributed by atoms with E-state index in [2.05, 4.69) is 0 Å². The summed E-state index contributed by atoms with van der Waals surface area (Å²) in [5.74, 6) is 0.359. The number of phenolic OH excluding ortho intramolecular Hbond substituents is 1. The maximum atomic E-state index is 10.4. The molecule has 0 bridgehead atoms. The molecule has 0 heterocycles. The largest absolute Gasteiger partial charge is 0.507 e. The average molecular weight is 380 g/mol. The first kappa shape index (κ1) is 17.6. The molecule has 0 aliphatic rings. The predicted molar refractivity (Wildman–Crippen MR) is 94.3 cm³/mol. The van der Waals surface area contributed by atoms with Crippen molar-refractivity contribution in [3.8, 4) is 22.6 Å². The van der Waals surface area contributed by atoms with Gasteiger partial charge < -0.3 is 9.84 Å². The summed E-state index contributed by atoms with van der Waals surface area (Å²) in [6.07, 6.45) is 0. The highest BCUT2D eigenvalue weighted by molar-refractivity contribution is 6.53. The Morgan fingerprint density at radius 1 is 0.818 bits per heavy atom. The molecule has 0 radical (unpaired) electrons. The summed E-state index contributed by atoms with van der Waals surface area (Å²) < 4.78 is 5.36. The molecule has 2 aromatic rings. The second kappa shape index (κ2) is 6.37. The molecular formula is C16H14Cl4O2. The second-order valence-electron chi connectivity index (χ2n) is 5.00. The lowest BCUT2D eigenvalue weighted by molar-refractivity contribution is 0.416. The Balaban J connectivity index is 2.99. The van der Waals surface area contributed by atoms with Gasteiger partial charge in [-0.3, -0.25) is 0 Å². The van der Waals surface area contributed by atoms with Crippen molar-refractivity contribution in [1.82, 2.24) is 0 Å². The van der Waals surface area contributed by atoms with Gasteiger partial charge in [-0.2, -0.15) is 0 Å². The van der Waals surface area contributed by atoms with E-state index in [9.17, 15) is 5.11 Å². The Bertz CT molecular complexity index is 770. The van der Waals surface area contributed by atoms with E-state index in [1.165, 1.54) is 7.11 Å². The summed E-state index contributed by atoms with van der Waals surface area (Å²) in [4.78, 5) is 0. The number of rotatable bonds is 2. The van der Waals surface area contributed by atoms with Crippen LogP contribution in [-0.4, -0.2) is 12.2 Å². The normalized spacial score (nSPS) is 10.9. The van der Waals surface area contributed by atoms with Crippen LogP contribution < -0.4 is 4.74 Å². The van der Waals surface area contributed by atoms with Gasteiger partial charge in [0.2, 0.25) is 0 Å². The smallest absolute Gasteiger partial charge is 0.148 e. The minimum Gasteiger partial charge on any atom is -0.507 e. The maximum absolute atomic E-state index is 10.4. The lowest BCUT2D eigenvalue weighted by Gasteiger charge is -2.20. The third-order valence-corrected chi connectivity index (χ3v) is 5.60. The summed E-state index contributed by atoms with van der Waals surface area (Å²) in [5, 5.41) is 11.0. The van der Waals surface area contributed by atoms with Crippen molar-refractivity contribution in [1.29, 1.82) is 0 Å². The molecular weight excluding hydrogens is 366 g/mol. The van der Waals surface area contributed by atoms with Crippen LogP contribution in [0.2, 0.25) is 20.1 Å². The molecule has 2 nitrogen and oxygen atoms in total. The molecule has 6 heteroatoms. The first-order valence-corrected chi connectivity index (χ1v) is 7.93. The molecule has 0 fully saturated rings. The molecule has 1 N–H and O–H groups in total. The van der Waals surface area contributed by atoms with Gasteiger partial charge in [0.1, 0.15) is 16.5 Å². The van der Waals surface area contributed by atoms with E-state index < -0.39 is 0 Å². The summed E-state index contributed by atoms with van der Waals surface area (Å²) in [5.41, 5.74) is 3.84. The fraction of sp³-hybridized carbons (Fsp3) is 0.250. The van der Waals surface area contributed by atoms with Gasteiger partial charge in [0, 0.05) is 11.1 Å². The minimum atomic E-state index is 0.0789. The van der Waals surface area contributed by atoms with Gasteiger partial charge in [-0.1, -0.05) is 46.4 Å². The topological polar surface area (TPSA) is 29.5 Å². The highest BCUT2D eigenvalue weighted by atomic mass is 35.5. The monoisotopic (exact) mass is 378 g/mol. The molecule has 0 spiro atoms. The van der Waals surface area contributed by atoms with Crippen LogP contribution in [0.3, 0.4) is 0 Å². The highest BCUT2D eigenvalue weighted by Crippen LogP contribution is 2.52. The summed E-state index contributed by atoms with van der Waals surface area (Å²) in [6.45, 7) is 5.78. The molecule has 0 unspecified atom stereocenters. The van der Waals surface area contributed by atoms with Crippen molar-refractivity contribution < 1.29 is 9.84 Å². The summed E-state index contributed by atoms with van der Waals surface area (Å²) >= 11 is 24.8. The van der Waals surface area contributed by atoms with Crippen LogP contribution in [0.4, 0.5) is 0 Å². The van der Waals surface area contributed by atoms with Crippen LogP contribution >= 0.6 is 46.4 Å². The minimum absolute atomic E-state index is 0.0789. The zero-order valence-corrected chi connectivity index (χ0v) is 15.5. The Morgan fingerprint density at radius 2 is 1.36 bits per heavy atom. The predicted octanol–water partition coefficient (Wildman–Crippen LogP) is 6.61. The molecule has 0 saturated carbocycles. The van der Waals surface area contributed by atoms with Crippen molar-refractivity contribution >= 4 is 46.4 Å². The highest BCUT2D eigenvalue weighted by Gasteiger charge is 2.26. The lowest BCUT2D eigenvalue weighted by atomic mass is 9.92. The molecule has 22 heavy (non-hydrogen) atoms. The third-order valence-electron chi connectivity index (χ3n) is 3.82. The molecule has 0 atom stereocenters. The van der Waals surface area contributed by atoms with Gasteiger partial charge in [-0.05, 0) is 43.5 Å². The van der Waals surface area contributed by atoms with E-state index in [0.29, 0.717) is 11.1 Å². The molecule has 0 saturated heterocycles.